The van der Waals surface area contributed by atoms with Crippen molar-refractivity contribution in [3.63, 3.8) is 0 Å². The Kier molecular flexibility index (Phi) is 4.81. The highest BCUT2D eigenvalue weighted by atomic mass is 19.4. The van der Waals surface area contributed by atoms with Gasteiger partial charge in [-0.15, -0.1) is 0 Å². The van der Waals surface area contributed by atoms with Gasteiger partial charge in [0, 0.05) is 18.9 Å². The lowest BCUT2D eigenvalue weighted by molar-refractivity contribution is -0.140. The molecule has 154 valence electrons. The van der Waals surface area contributed by atoms with Crippen molar-refractivity contribution in [1.29, 1.82) is 0 Å². The average Bonchev–Trinajstić information content (AvgIpc) is 3.14. The van der Waals surface area contributed by atoms with E-state index in [9.17, 15) is 22.8 Å². The maximum atomic E-state index is 13.1. The molecule has 2 heterocycles. The zero-order chi connectivity index (χ0) is 21.5. The molecule has 0 aliphatic rings. The highest BCUT2D eigenvalue weighted by Crippen LogP contribution is 2.28. The van der Waals surface area contributed by atoms with Crippen LogP contribution in [0.25, 0.3) is 27.5 Å². The normalized spacial score (nSPS) is 11.9. The minimum atomic E-state index is -4.54. The number of amides is 1. The van der Waals surface area contributed by atoms with E-state index in [4.69, 9.17) is 0 Å². The molecule has 6 nitrogen and oxygen atoms in total. The Balaban J connectivity index is 2.01. The third-order valence-electron chi connectivity index (χ3n) is 4.78. The van der Waals surface area contributed by atoms with E-state index in [0.29, 0.717) is 16.6 Å². The lowest BCUT2D eigenvalue weighted by Crippen LogP contribution is -2.28. The molecule has 0 saturated carbocycles. The molecule has 0 aliphatic carbocycles. The van der Waals surface area contributed by atoms with E-state index >= 15 is 0 Å². The Bertz CT molecular complexity index is 1320. The highest BCUT2D eigenvalue weighted by Gasteiger charge is 2.30. The molecule has 0 unspecified atom stereocenters. The van der Waals surface area contributed by atoms with Crippen LogP contribution in [-0.2, 0) is 17.9 Å². The van der Waals surface area contributed by atoms with Crippen LogP contribution in [0.4, 0.5) is 13.2 Å². The molecule has 0 atom stereocenters. The van der Waals surface area contributed by atoms with Gasteiger partial charge in [0.2, 0.25) is 5.91 Å². The zero-order valence-electron chi connectivity index (χ0n) is 15.9. The number of aromatic nitrogens is 3. The van der Waals surface area contributed by atoms with Gasteiger partial charge in [0.15, 0.2) is 0 Å². The molecule has 0 radical (unpaired) electrons. The van der Waals surface area contributed by atoms with Crippen molar-refractivity contribution in [1.82, 2.24) is 19.7 Å². The molecule has 30 heavy (non-hydrogen) atoms. The second-order valence-corrected chi connectivity index (χ2v) is 6.88. The highest BCUT2D eigenvalue weighted by molar-refractivity contribution is 6.04. The summed E-state index contributed by atoms with van der Waals surface area (Å²) in [6.45, 7) is 0.269. The smallest absolute Gasteiger partial charge is 0.352 e. The zero-order valence-corrected chi connectivity index (χ0v) is 15.9. The van der Waals surface area contributed by atoms with E-state index in [1.54, 1.807) is 36.4 Å². The largest absolute Gasteiger partial charge is 0.406 e. The Morgan fingerprint density at radius 1 is 1.07 bits per heavy atom. The van der Waals surface area contributed by atoms with Gasteiger partial charge in [-0.3, -0.25) is 14.2 Å². The Labute approximate surface area is 168 Å². The van der Waals surface area contributed by atoms with Gasteiger partial charge in [0.1, 0.15) is 6.54 Å². The monoisotopic (exact) mass is 414 g/mol. The predicted molar refractivity (Wildman–Crippen MR) is 106 cm³/mol. The number of hydrogen-bond donors (Lipinski definition) is 1. The average molecular weight is 414 g/mol. The molecule has 2 aromatic carbocycles. The number of alkyl halides is 3. The van der Waals surface area contributed by atoms with Gasteiger partial charge in [0.05, 0.1) is 28.3 Å². The van der Waals surface area contributed by atoms with E-state index in [1.165, 1.54) is 23.9 Å². The molecular weight excluding hydrogens is 397 g/mol. The number of carbonyl (C=O) groups is 1. The summed E-state index contributed by atoms with van der Waals surface area (Å²) >= 11 is 0. The first-order chi connectivity index (χ1) is 14.3. The second kappa shape index (κ2) is 7.33. The van der Waals surface area contributed by atoms with Crippen molar-refractivity contribution in [2.45, 2.75) is 26.2 Å². The fourth-order valence-corrected chi connectivity index (χ4v) is 3.53. The molecule has 4 aromatic rings. The van der Waals surface area contributed by atoms with Crippen molar-refractivity contribution in [2.75, 3.05) is 0 Å². The topological polar surface area (TPSA) is 68.9 Å². The molecule has 1 N–H and O–H groups in total. The van der Waals surface area contributed by atoms with Crippen molar-refractivity contribution >= 4 is 27.7 Å². The minimum Gasteiger partial charge on any atom is -0.352 e. The molecule has 9 heteroatoms. The number of carbonyl (C=O) groups excluding carboxylic acids is 1. The van der Waals surface area contributed by atoms with Crippen LogP contribution in [0.2, 0.25) is 0 Å². The van der Waals surface area contributed by atoms with Crippen LogP contribution >= 0.6 is 0 Å². The van der Waals surface area contributed by atoms with E-state index in [2.05, 4.69) is 10.4 Å². The number of benzene rings is 2. The summed E-state index contributed by atoms with van der Waals surface area (Å²) in [5, 5.41) is 7.60. The van der Waals surface area contributed by atoms with Crippen LogP contribution in [0.5, 0.6) is 0 Å². The summed E-state index contributed by atoms with van der Waals surface area (Å²) in [6, 6.07) is 13.6. The molecule has 0 bridgehead atoms. The second-order valence-electron chi connectivity index (χ2n) is 6.88. The summed E-state index contributed by atoms with van der Waals surface area (Å²) in [5.74, 6) is -0.199. The Morgan fingerprint density at radius 3 is 2.50 bits per heavy atom. The van der Waals surface area contributed by atoms with Crippen LogP contribution in [0.1, 0.15) is 12.5 Å². The number of nitrogens with zero attached hydrogens (tertiary/aromatic N) is 3. The standard InChI is InChI=1S/C21H17F3N4O2/c1-13(29)25-10-14-6-2-4-8-17(14)28-19-15-7-3-5-9-18(15)27(12-21(22,23)24)20(30)16(19)11-26-28/h2-9,11H,10,12H2,1H3,(H,25,29). The fraction of sp³-hybridized carbons (Fsp3) is 0.190. The summed E-state index contributed by atoms with van der Waals surface area (Å²) in [6.07, 6.45) is -3.26. The summed E-state index contributed by atoms with van der Waals surface area (Å²) in [4.78, 5) is 24.2. The number of fused-ring (bicyclic) bond motifs is 3. The van der Waals surface area contributed by atoms with Gasteiger partial charge in [-0.1, -0.05) is 36.4 Å². The predicted octanol–water partition coefficient (Wildman–Crippen LogP) is 3.54. The van der Waals surface area contributed by atoms with Crippen molar-refractivity contribution in [2.24, 2.45) is 0 Å². The fourth-order valence-electron chi connectivity index (χ4n) is 3.53. The Morgan fingerprint density at radius 2 is 1.77 bits per heavy atom. The van der Waals surface area contributed by atoms with Gasteiger partial charge < -0.3 is 5.32 Å². The van der Waals surface area contributed by atoms with Crippen LogP contribution in [-0.4, -0.2) is 26.4 Å². The number of para-hydroxylation sites is 2. The van der Waals surface area contributed by atoms with E-state index in [-0.39, 0.29) is 23.4 Å². The third kappa shape index (κ3) is 3.54. The molecule has 0 saturated heterocycles. The lowest BCUT2D eigenvalue weighted by Gasteiger charge is -2.15. The maximum Gasteiger partial charge on any atom is 0.406 e. The Hall–Kier alpha value is -3.62. The quantitative estimate of drug-likeness (QED) is 0.556. The number of nitrogens with one attached hydrogen (secondary N) is 1. The molecule has 1 amide bonds. The molecule has 0 aliphatic heterocycles. The van der Waals surface area contributed by atoms with Crippen LogP contribution in [0.3, 0.4) is 0 Å². The minimum absolute atomic E-state index is 0.0901. The first-order valence-corrected chi connectivity index (χ1v) is 9.15. The SMILES string of the molecule is CC(=O)NCc1ccccc1-n1ncc2c(=O)n(CC(F)(F)F)c3ccccc3c21. The van der Waals surface area contributed by atoms with Gasteiger partial charge in [-0.25, -0.2) is 4.68 Å². The molecule has 2 aromatic heterocycles. The molecule has 0 fully saturated rings. The summed E-state index contributed by atoms with van der Waals surface area (Å²) in [7, 11) is 0. The van der Waals surface area contributed by atoms with Gasteiger partial charge in [-0.2, -0.15) is 18.3 Å². The van der Waals surface area contributed by atoms with Crippen LogP contribution in [0, 0.1) is 0 Å². The number of halogens is 3. The van der Waals surface area contributed by atoms with Crippen molar-refractivity contribution < 1.29 is 18.0 Å². The van der Waals surface area contributed by atoms with E-state index in [1.807, 2.05) is 6.07 Å². The first-order valence-electron chi connectivity index (χ1n) is 9.15. The van der Waals surface area contributed by atoms with Gasteiger partial charge >= 0.3 is 6.18 Å². The molecular formula is C21H17F3N4O2. The molecule has 0 spiro atoms. The van der Waals surface area contributed by atoms with E-state index < -0.39 is 18.3 Å². The third-order valence-corrected chi connectivity index (χ3v) is 4.78. The van der Waals surface area contributed by atoms with Crippen LogP contribution in [0.15, 0.2) is 59.5 Å². The maximum absolute atomic E-state index is 13.1. The van der Waals surface area contributed by atoms with Crippen LogP contribution < -0.4 is 10.9 Å². The van der Waals surface area contributed by atoms with Gasteiger partial charge in [-0.05, 0) is 17.7 Å². The first kappa shape index (κ1) is 19.7. The number of rotatable bonds is 4. The summed E-state index contributed by atoms with van der Waals surface area (Å²) < 4.78 is 41.6. The van der Waals surface area contributed by atoms with E-state index in [0.717, 1.165) is 10.1 Å². The van der Waals surface area contributed by atoms with Crippen molar-refractivity contribution in [3.05, 3.63) is 70.6 Å². The van der Waals surface area contributed by atoms with Crippen molar-refractivity contribution in [3.8, 4) is 5.69 Å². The summed E-state index contributed by atoms with van der Waals surface area (Å²) in [5.41, 5.74) is 1.21. The van der Waals surface area contributed by atoms with Gasteiger partial charge in [0.25, 0.3) is 5.56 Å². The number of pyridine rings is 1. The lowest BCUT2D eigenvalue weighted by atomic mass is 10.1. The molecule has 4 rings (SSSR count). The number of hydrogen-bond acceptors (Lipinski definition) is 3.